The van der Waals surface area contributed by atoms with E-state index in [-0.39, 0.29) is 32.0 Å². The molecule has 2 aliphatic heterocycles. The number of anilines is 1. The normalized spacial score (nSPS) is 23.0. The van der Waals surface area contributed by atoms with Crippen molar-refractivity contribution in [3.63, 3.8) is 0 Å². The summed E-state index contributed by atoms with van der Waals surface area (Å²) in [6.07, 6.45) is 2.81. The van der Waals surface area contributed by atoms with E-state index in [4.69, 9.17) is 4.74 Å². The maximum Gasteiger partial charge on any atom is 0.322 e. The summed E-state index contributed by atoms with van der Waals surface area (Å²) in [4.78, 5) is 17.5. The van der Waals surface area contributed by atoms with Crippen LogP contribution in [-0.4, -0.2) is 70.4 Å². The molecule has 4 rings (SSSR count). The van der Waals surface area contributed by atoms with Crippen molar-refractivity contribution in [2.24, 2.45) is 0 Å². The number of aromatic nitrogens is 3. The number of rotatable bonds is 3. The van der Waals surface area contributed by atoms with Crippen LogP contribution in [0.2, 0.25) is 0 Å². The molecule has 27 heavy (non-hydrogen) atoms. The molecule has 1 N–H and O–H groups in total. The summed E-state index contributed by atoms with van der Waals surface area (Å²) in [5.41, 5.74) is -0.539. The van der Waals surface area contributed by atoms with Crippen molar-refractivity contribution in [3.05, 3.63) is 42.7 Å². The van der Waals surface area contributed by atoms with Crippen LogP contribution in [0.5, 0.6) is 0 Å². The number of carbonyl (C=O) groups is 1. The molecule has 2 amide bonds. The number of nitrogens with one attached hydrogen (secondary N) is 1. The number of sulfone groups is 1. The first kappa shape index (κ1) is 17.9. The van der Waals surface area contributed by atoms with Gasteiger partial charge in [-0.05, 0) is 18.2 Å². The fourth-order valence-electron chi connectivity index (χ4n) is 3.35. The first-order chi connectivity index (χ1) is 12.9. The quantitative estimate of drug-likeness (QED) is 0.812. The van der Waals surface area contributed by atoms with Crippen LogP contribution >= 0.6 is 0 Å². The molecule has 2 aliphatic rings. The number of amides is 2. The molecule has 1 aromatic carbocycles. The number of ether oxygens (including phenoxy) is 1. The summed E-state index contributed by atoms with van der Waals surface area (Å²) in [6.45, 7) is 0.566. The fraction of sp³-hybridized carbons (Fsp3) is 0.438. The van der Waals surface area contributed by atoms with Gasteiger partial charge in [0, 0.05) is 5.69 Å². The predicted octanol–water partition coefficient (Wildman–Crippen LogP) is 0.517. The highest BCUT2D eigenvalue weighted by Gasteiger charge is 2.54. The van der Waals surface area contributed by atoms with Crippen molar-refractivity contribution in [2.45, 2.75) is 17.4 Å². The molecule has 2 fully saturated rings. The number of benzene rings is 1. The molecule has 0 bridgehead atoms. The zero-order valence-corrected chi connectivity index (χ0v) is 15.1. The highest BCUT2D eigenvalue weighted by atomic mass is 32.2. The Bertz CT molecular complexity index is 943. The molecule has 2 saturated heterocycles. The van der Waals surface area contributed by atoms with Gasteiger partial charge in [0.25, 0.3) is 0 Å². The number of hydrogen-bond acceptors (Lipinski definition) is 6. The predicted molar refractivity (Wildman–Crippen MR) is 93.3 cm³/mol. The second-order valence-corrected chi connectivity index (χ2v) is 9.12. The van der Waals surface area contributed by atoms with Gasteiger partial charge >= 0.3 is 6.03 Å². The Morgan fingerprint density at radius 1 is 1.41 bits per heavy atom. The minimum Gasteiger partial charge on any atom is -0.369 e. The Hall–Kier alpha value is -2.53. The molecule has 11 heteroatoms. The van der Waals surface area contributed by atoms with E-state index in [0.29, 0.717) is 5.69 Å². The summed E-state index contributed by atoms with van der Waals surface area (Å²) < 4.78 is 45.7. The molecule has 144 valence electrons. The number of nitrogens with zero attached hydrogens (tertiary/aromatic N) is 4. The molecule has 0 aliphatic carbocycles. The van der Waals surface area contributed by atoms with E-state index in [9.17, 15) is 17.6 Å². The maximum atomic E-state index is 13.2. The monoisotopic (exact) mass is 395 g/mol. The van der Waals surface area contributed by atoms with Crippen molar-refractivity contribution in [3.8, 4) is 0 Å². The van der Waals surface area contributed by atoms with Crippen LogP contribution in [0.25, 0.3) is 0 Å². The average molecular weight is 395 g/mol. The van der Waals surface area contributed by atoms with Crippen LogP contribution in [0.15, 0.2) is 36.9 Å². The van der Waals surface area contributed by atoms with Crippen LogP contribution in [0.3, 0.4) is 0 Å². The van der Waals surface area contributed by atoms with E-state index in [1.165, 1.54) is 40.4 Å². The van der Waals surface area contributed by atoms with Crippen molar-refractivity contribution < 1.29 is 22.3 Å². The summed E-state index contributed by atoms with van der Waals surface area (Å²) in [7, 11) is -3.40. The fourth-order valence-corrected chi connectivity index (χ4v) is 5.24. The van der Waals surface area contributed by atoms with Gasteiger partial charge in [0.15, 0.2) is 9.84 Å². The second-order valence-electron chi connectivity index (χ2n) is 6.84. The van der Waals surface area contributed by atoms with E-state index in [0.717, 1.165) is 0 Å². The van der Waals surface area contributed by atoms with Crippen molar-refractivity contribution in [1.29, 1.82) is 0 Å². The van der Waals surface area contributed by atoms with Crippen LogP contribution in [0, 0.1) is 5.82 Å². The molecule has 0 radical (unpaired) electrons. The Balaban J connectivity index is 1.35. The van der Waals surface area contributed by atoms with Crippen LogP contribution in [0.4, 0.5) is 14.9 Å². The van der Waals surface area contributed by atoms with Crippen LogP contribution in [-0.2, 0) is 21.1 Å². The van der Waals surface area contributed by atoms with Gasteiger partial charge in [-0.2, -0.15) is 5.10 Å². The first-order valence-electron chi connectivity index (χ1n) is 8.35. The largest absolute Gasteiger partial charge is 0.369 e. The van der Waals surface area contributed by atoms with Gasteiger partial charge in [-0.1, -0.05) is 6.07 Å². The molecular weight excluding hydrogens is 377 g/mol. The summed E-state index contributed by atoms with van der Waals surface area (Å²) in [5, 5.41) is 5.82. The Morgan fingerprint density at radius 3 is 2.89 bits per heavy atom. The van der Waals surface area contributed by atoms with Gasteiger partial charge in [-0.3, -0.25) is 4.68 Å². The van der Waals surface area contributed by atoms with Gasteiger partial charge in [0.05, 0.1) is 32.0 Å². The summed E-state index contributed by atoms with van der Waals surface area (Å²) in [6, 6.07) is 5.15. The third-order valence-corrected chi connectivity index (χ3v) is 6.96. The lowest BCUT2D eigenvalue weighted by atomic mass is 9.96. The minimum absolute atomic E-state index is 0.0432. The second kappa shape index (κ2) is 6.57. The average Bonchev–Trinajstić information content (AvgIpc) is 3.07. The zero-order chi connectivity index (χ0) is 19.1. The highest BCUT2D eigenvalue weighted by molar-refractivity contribution is 7.92. The SMILES string of the molecule is O=C(Nc1cccc(F)c1)N1CC2(C1)CS(=O)(=O)[C@@H](Cn1cncn1)CO2. The topological polar surface area (TPSA) is 106 Å². The highest BCUT2D eigenvalue weighted by Crippen LogP contribution is 2.33. The number of urea groups is 1. The molecule has 0 saturated carbocycles. The lowest BCUT2D eigenvalue weighted by Gasteiger charge is -2.51. The lowest BCUT2D eigenvalue weighted by molar-refractivity contribution is -0.117. The Labute approximate surface area is 155 Å². The smallest absolute Gasteiger partial charge is 0.322 e. The first-order valence-corrected chi connectivity index (χ1v) is 10.1. The molecule has 2 aromatic rings. The lowest BCUT2D eigenvalue weighted by Crippen LogP contribution is -2.71. The number of carbonyl (C=O) groups excluding carboxylic acids is 1. The molecule has 0 unspecified atom stereocenters. The van der Waals surface area contributed by atoms with Crippen molar-refractivity contribution in [2.75, 3.05) is 30.8 Å². The van der Waals surface area contributed by atoms with E-state index >= 15 is 0 Å². The van der Waals surface area contributed by atoms with Crippen molar-refractivity contribution >= 4 is 21.6 Å². The zero-order valence-electron chi connectivity index (χ0n) is 14.3. The van der Waals surface area contributed by atoms with Gasteiger partial charge in [0.1, 0.15) is 29.3 Å². The number of hydrogen-bond donors (Lipinski definition) is 1. The molecule has 1 atom stereocenters. The van der Waals surface area contributed by atoms with E-state index in [1.54, 1.807) is 6.07 Å². The van der Waals surface area contributed by atoms with Gasteiger partial charge in [-0.25, -0.2) is 22.6 Å². The minimum atomic E-state index is -3.40. The molecule has 1 spiro atoms. The standard InChI is InChI=1S/C16H18FN5O4S/c17-12-2-1-3-13(4-12)20-15(23)21-7-16(8-21)9-27(24,25)14(6-26-16)5-22-11-18-10-19-22/h1-4,10-11,14H,5-9H2,(H,20,23)/t14-/m0/s1. The van der Waals surface area contributed by atoms with E-state index in [2.05, 4.69) is 15.4 Å². The van der Waals surface area contributed by atoms with Gasteiger partial charge < -0.3 is 15.0 Å². The van der Waals surface area contributed by atoms with E-state index < -0.39 is 32.5 Å². The number of halogens is 1. The molecule has 1 aromatic heterocycles. The Morgan fingerprint density at radius 2 is 2.22 bits per heavy atom. The summed E-state index contributed by atoms with van der Waals surface area (Å²) in [5.74, 6) is -0.601. The molecule has 3 heterocycles. The Kier molecular flexibility index (Phi) is 4.35. The maximum absolute atomic E-state index is 13.2. The number of likely N-dealkylation sites (tertiary alicyclic amines) is 1. The van der Waals surface area contributed by atoms with Gasteiger partial charge in [0.2, 0.25) is 0 Å². The third-order valence-electron chi connectivity index (χ3n) is 4.73. The molecule has 9 nitrogen and oxygen atoms in total. The van der Waals surface area contributed by atoms with E-state index in [1.807, 2.05) is 0 Å². The summed E-state index contributed by atoms with van der Waals surface area (Å²) >= 11 is 0. The third kappa shape index (κ3) is 3.65. The molecular formula is C16H18FN5O4S. The van der Waals surface area contributed by atoms with Crippen molar-refractivity contribution in [1.82, 2.24) is 19.7 Å². The van der Waals surface area contributed by atoms with Gasteiger partial charge in [-0.15, -0.1) is 0 Å². The van der Waals surface area contributed by atoms with Crippen LogP contribution < -0.4 is 5.32 Å². The van der Waals surface area contributed by atoms with Crippen LogP contribution in [0.1, 0.15) is 0 Å².